The number of carbonyl (C=O) groups is 1. The molecule has 0 spiro atoms. The minimum absolute atomic E-state index is 0.167. The zero-order chi connectivity index (χ0) is 27.5. The van der Waals surface area contributed by atoms with E-state index in [0.29, 0.717) is 16.6 Å². The van der Waals surface area contributed by atoms with Gasteiger partial charge >= 0.3 is 15.0 Å². The standard InChI is InChI=1S/C15H15O3P.C12H8O2P.C3H6O/c1-15(2,16)19(17)14-10-6-4-8-12(14)11-7-3-5-9-13(11)18-19;13-15-12-8-4-2-6-10(12)9-5-1-3-7-11(9)14-15;1-3(2)4/h3-10,16H,1-2H3;1-8H;1-2H3/q;+1;. The van der Waals surface area contributed by atoms with Crippen LogP contribution in [-0.2, 0) is 13.9 Å². The molecule has 0 saturated heterocycles. The monoisotopic (exact) mass is 547 g/mol. The summed E-state index contributed by atoms with van der Waals surface area (Å²) in [5.41, 5.74) is 2.49. The molecule has 8 heteroatoms. The molecule has 0 bridgehead atoms. The van der Waals surface area contributed by atoms with Crippen molar-refractivity contribution in [2.45, 2.75) is 33.0 Å². The van der Waals surface area contributed by atoms with Gasteiger partial charge in [-0.2, -0.15) is 0 Å². The molecule has 4 aromatic carbocycles. The van der Waals surface area contributed by atoms with E-state index in [1.54, 1.807) is 12.1 Å². The fraction of sp³-hybridized carbons (Fsp3) is 0.167. The first-order valence-corrected chi connectivity index (χ1v) is 14.8. The average Bonchev–Trinajstić information content (AvgIpc) is 2.89. The Morgan fingerprint density at radius 3 is 2.00 bits per heavy atom. The fourth-order valence-electron chi connectivity index (χ4n) is 4.09. The molecule has 0 saturated carbocycles. The molecule has 1 N–H and O–H groups in total. The Labute approximate surface area is 222 Å². The first-order valence-electron chi connectivity index (χ1n) is 12.0. The normalized spacial score (nSPS) is 16.1. The van der Waals surface area contributed by atoms with Gasteiger partial charge in [0, 0.05) is 16.3 Å². The van der Waals surface area contributed by atoms with Crippen LogP contribution in [0.1, 0.15) is 27.7 Å². The summed E-state index contributed by atoms with van der Waals surface area (Å²) in [6.07, 6.45) is 0. The second-order valence-electron chi connectivity index (χ2n) is 9.42. The van der Waals surface area contributed by atoms with Crippen molar-refractivity contribution in [1.82, 2.24) is 0 Å². The highest BCUT2D eigenvalue weighted by Crippen LogP contribution is 2.61. The van der Waals surface area contributed by atoms with E-state index in [1.165, 1.54) is 27.7 Å². The molecule has 0 fully saturated rings. The molecule has 1 aliphatic heterocycles. The lowest BCUT2D eigenvalue weighted by Gasteiger charge is -2.35. The van der Waals surface area contributed by atoms with E-state index in [2.05, 4.69) is 0 Å². The molecule has 38 heavy (non-hydrogen) atoms. The number of fused-ring (bicyclic) bond motifs is 6. The van der Waals surface area contributed by atoms with Crippen molar-refractivity contribution in [3.05, 3.63) is 97.1 Å². The van der Waals surface area contributed by atoms with Crippen LogP contribution in [-0.4, -0.2) is 16.2 Å². The largest absolute Gasteiger partial charge is 0.597 e. The average molecular weight is 548 g/mol. The summed E-state index contributed by atoms with van der Waals surface area (Å²) >= 11 is 0. The number of aliphatic hydroxyl groups is 1. The number of Topliss-reactive ketones (excluding diaryl/α,β-unsaturated/α-hetero) is 1. The molecule has 1 aliphatic rings. The molecule has 0 radical (unpaired) electrons. The third-order valence-electron chi connectivity index (χ3n) is 5.80. The van der Waals surface area contributed by atoms with Crippen molar-refractivity contribution in [1.29, 1.82) is 0 Å². The van der Waals surface area contributed by atoms with E-state index in [4.69, 9.17) is 8.72 Å². The van der Waals surface area contributed by atoms with Gasteiger partial charge in [0.25, 0.3) is 0 Å². The van der Waals surface area contributed by atoms with Crippen LogP contribution in [0, 0.1) is 0 Å². The van der Waals surface area contributed by atoms with Crippen LogP contribution in [0.3, 0.4) is 0 Å². The van der Waals surface area contributed by atoms with E-state index in [-0.39, 0.29) is 5.78 Å². The minimum atomic E-state index is -3.36. The van der Waals surface area contributed by atoms with Crippen LogP contribution in [0.2, 0.25) is 0 Å². The molecule has 6 rings (SSSR count). The zero-order valence-corrected chi connectivity index (χ0v) is 23.4. The number of benzene rings is 4. The summed E-state index contributed by atoms with van der Waals surface area (Å²) in [5, 5.41) is 12.3. The molecule has 2 atom stereocenters. The van der Waals surface area contributed by atoms with Gasteiger partial charge in [-0.3, -0.25) is 4.57 Å². The number of para-hydroxylation sites is 2. The molecule has 194 valence electrons. The Balaban J connectivity index is 0.000000158. The lowest BCUT2D eigenvalue weighted by Crippen LogP contribution is -2.32. The first kappa shape index (κ1) is 27.5. The molecule has 5 aromatic rings. The second-order valence-corrected chi connectivity index (χ2v) is 13.5. The molecule has 6 nitrogen and oxygen atoms in total. The van der Waals surface area contributed by atoms with Crippen LogP contribution in [0.15, 0.2) is 101 Å². The van der Waals surface area contributed by atoms with Crippen LogP contribution in [0.4, 0.5) is 0 Å². The van der Waals surface area contributed by atoms with Crippen LogP contribution in [0.5, 0.6) is 5.75 Å². The van der Waals surface area contributed by atoms with Crippen LogP contribution >= 0.6 is 15.0 Å². The Morgan fingerprint density at radius 1 is 0.789 bits per heavy atom. The van der Waals surface area contributed by atoms with Gasteiger partial charge in [0.05, 0.1) is 5.30 Å². The molecule has 2 heterocycles. The van der Waals surface area contributed by atoms with E-state index >= 15 is 0 Å². The maximum Gasteiger partial charge on any atom is 0.597 e. The van der Waals surface area contributed by atoms with Gasteiger partial charge in [-0.15, -0.1) is 0 Å². The summed E-state index contributed by atoms with van der Waals surface area (Å²) in [5.74, 6) is 0.728. The highest BCUT2D eigenvalue weighted by Gasteiger charge is 2.47. The van der Waals surface area contributed by atoms with E-state index in [0.717, 1.165) is 27.0 Å². The van der Waals surface area contributed by atoms with Gasteiger partial charge in [-0.25, -0.2) is 4.20 Å². The molecule has 2 unspecified atom stereocenters. The van der Waals surface area contributed by atoms with Gasteiger partial charge < -0.3 is 14.4 Å². The van der Waals surface area contributed by atoms with Crippen molar-refractivity contribution in [3.8, 4) is 16.9 Å². The predicted octanol–water partition coefficient (Wildman–Crippen LogP) is 8.30. The summed E-state index contributed by atoms with van der Waals surface area (Å²) in [4.78, 5) is 9.44. The van der Waals surface area contributed by atoms with Crippen molar-refractivity contribution in [2.24, 2.45) is 0 Å². The molecular formula is C30H29O6P2+. The minimum Gasteiger partial charge on any atom is -0.437 e. The second kappa shape index (κ2) is 11.0. The Kier molecular flexibility index (Phi) is 7.99. The molecular weight excluding hydrogens is 518 g/mol. The third kappa shape index (κ3) is 5.49. The summed E-state index contributed by atoms with van der Waals surface area (Å²) < 4.78 is 36.0. The summed E-state index contributed by atoms with van der Waals surface area (Å²) in [6, 6.07) is 30.2. The number of hydrogen-bond acceptors (Lipinski definition) is 6. The third-order valence-corrected chi connectivity index (χ3v) is 9.87. The van der Waals surface area contributed by atoms with Crippen LogP contribution in [0.25, 0.3) is 32.6 Å². The Morgan fingerprint density at radius 2 is 1.32 bits per heavy atom. The number of carbonyl (C=O) groups excluding carboxylic acids is 1. The Hall–Kier alpha value is -3.56. The van der Waals surface area contributed by atoms with Gasteiger partial charge in [0.1, 0.15) is 16.9 Å². The summed E-state index contributed by atoms with van der Waals surface area (Å²) in [6.45, 7) is 6.11. The predicted molar refractivity (Wildman–Crippen MR) is 154 cm³/mol. The van der Waals surface area contributed by atoms with Crippen molar-refractivity contribution < 1.29 is 27.8 Å². The topological polar surface area (TPSA) is 93.8 Å². The van der Waals surface area contributed by atoms with E-state index < -0.39 is 20.4 Å². The van der Waals surface area contributed by atoms with Crippen LogP contribution < -0.4 is 9.83 Å². The summed E-state index contributed by atoms with van der Waals surface area (Å²) in [7, 11) is -5.11. The van der Waals surface area contributed by atoms with Crippen molar-refractivity contribution in [3.63, 3.8) is 0 Å². The fourth-order valence-corrected chi connectivity index (χ4v) is 7.27. The first-order chi connectivity index (χ1) is 18.0. The Bertz CT molecular complexity index is 1730. The number of hydrogen-bond donors (Lipinski definition) is 1. The lowest BCUT2D eigenvalue weighted by molar-refractivity contribution is -0.115. The molecule has 0 amide bonds. The van der Waals surface area contributed by atoms with Gasteiger partial charge in [0.15, 0.2) is 5.58 Å². The van der Waals surface area contributed by atoms with Gasteiger partial charge in [-0.1, -0.05) is 66.7 Å². The van der Waals surface area contributed by atoms with E-state index in [9.17, 15) is 19.0 Å². The molecule has 1 aromatic heterocycles. The quantitative estimate of drug-likeness (QED) is 0.168. The van der Waals surface area contributed by atoms with Crippen molar-refractivity contribution in [2.75, 3.05) is 0 Å². The SMILES string of the molecule is CC(C)(O)P1(=O)Oc2ccccc2-c2ccccc21.CC(C)=O.O=[p+]1oc2ccccc2c2ccccc21. The highest BCUT2D eigenvalue weighted by atomic mass is 31.2. The lowest BCUT2D eigenvalue weighted by atomic mass is 10.0. The van der Waals surface area contributed by atoms with Crippen molar-refractivity contribution >= 4 is 47.6 Å². The maximum absolute atomic E-state index is 13.2. The molecule has 0 aliphatic carbocycles. The number of rotatable bonds is 1. The van der Waals surface area contributed by atoms with Gasteiger partial charge in [0.2, 0.25) is 5.12 Å². The van der Waals surface area contributed by atoms with Gasteiger partial charge in [-0.05, 0) is 68.2 Å². The maximum atomic E-state index is 13.2. The highest BCUT2D eigenvalue weighted by molar-refractivity contribution is 7.69. The number of ketones is 1. The zero-order valence-electron chi connectivity index (χ0n) is 21.6. The van der Waals surface area contributed by atoms with E-state index in [1.807, 2.05) is 84.9 Å². The smallest absolute Gasteiger partial charge is 0.437 e.